The van der Waals surface area contributed by atoms with Crippen LogP contribution in [0, 0.1) is 0 Å². The van der Waals surface area contributed by atoms with Crippen molar-refractivity contribution in [1.82, 2.24) is 5.43 Å². The lowest BCUT2D eigenvalue weighted by Crippen LogP contribution is -2.25. The van der Waals surface area contributed by atoms with E-state index in [1.807, 2.05) is 31.2 Å². The SMILES string of the molecule is C/C(=N/NC(=O)COc1ccc2c(c1)OCO2)c1ccc(Br)cc1. The third-order valence-electron chi connectivity index (χ3n) is 3.32. The third-order valence-corrected chi connectivity index (χ3v) is 3.85. The van der Waals surface area contributed by atoms with Crippen LogP contribution in [0.2, 0.25) is 0 Å². The summed E-state index contributed by atoms with van der Waals surface area (Å²) < 4.78 is 16.9. The van der Waals surface area contributed by atoms with Gasteiger partial charge in [-0.05, 0) is 36.8 Å². The highest BCUT2D eigenvalue weighted by atomic mass is 79.9. The molecule has 24 heavy (non-hydrogen) atoms. The van der Waals surface area contributed by atoms with Crippen molar-refractivity contribution in [3.05, 3.63) is 52.5 Å². The van der Waals surface area contributed by atoms with Crippen LogP contribution >= 0.6 is 15.9 Å². The van der Waals surface area contributed by atoms with Crippen LogP contribution in [0.1, 0.15) is 12.5 Å². The van der Waals surface area contributed by atoms with Crippen molar-refractivity contribution in [2.45, 2.75) is 6.92 Å². The Morgan fingerprint density at radius 3 is 2.75 bits per heavy atom. The number of hydrazone groups is 1. The molecular weight excluding hydrogens is 376 g/mol. The summed E-state index contributed by atoms with van der Waals surface area (Å²) in [6.45, 7) is 1.88. The molecule has 1 heterocycles. The number of fused-ring (bicyclic) bond motifs is 1. The molecule has 1 aliphatic rings. The van der Waals surface area contributed by atoms with Gasteiger partial charge < -0.3 is 14.2 Å². The highest BCUT2D eigenvalue weighted by Gasteiger charge is 2.14. The average Bonchev–Trinajstić information content (AvgIpc) is 3.06. The molecule has 0 saturated carbocycles. The van der Waals surface area contributed by atoms with E-state index in [0.717, 1.165) is 10.0 Å². The highest BCUT2D eigenvalue weighted by Crippen LogP contribution is 2.34. The van der Waals surface area contributed by atoms with Crippen molar-refractivity contribution in [2.24, 2.45) is 5.10 Å². The van der Waals surface area contributed by atoms with E-state index in [9.17, 15) is 4.79 Å². The number of nitrogens with zero attached hydrogens (tertiary/aromatic N) is 1. The van der Waals surface area contributed by atoms with E-state index in [2.05, 4.69) is 26.5 Å². The molecule has 7 heteroatoms. The van der Waals surface area contributed by atoms with E-state index in [4.69, 9.17) is 14.2 Å². The van der Waals surface area contributed by atoms with Crippen LogP contribution in [0.15, 0.2) is 52.0 Å². The lowest BCUT2D eigenvalue weighted by molar-refractivity contribution is -0.123. The molecular formula is C17H15BrN2O4. The van der Waals surface area contributed by atoms with Crippen LogP contribution < -0.4 is 19.6 Å². The minimum absolute atomic E-state index is 0.142. The van der Waals surface area contributed by atoms with E-state index in [-0.39, 0.29) is 19.3 Å². The van der Waals surface area contributed by atoms with E-state index >= 15 is 0 Å². The molecule has 1 aliphatic heterocycles. The van der Waals surface area contributed by atoms with Crippen LogP contribution in [-0.4, -0.2) is 25.0 Å². The first kappa shape index (κ1) is 16.3. The second kappa shape index (κ2) is 7.35. The first-order valence-electron chi connectivity index (χ1n) is 7.23. The number of nitrogens with one attached hydrogen (secondary N) is 1. The molecule has 0 aromatic heterocycles. The van der Waals surface area contributed by atoms with E-state index in [1.165, 1.54) is 0 Å². The minimum Gasteiger partial charge on any atom is -0.484 e. The number of ether oxygens (including phenoxy) is 3. The second-order valence-electron chi connectivity index (χ2n) is 5.04. The molecule has 1 amide bonds. The van der Waals surface area contributed by atoms with Crippen LogP contribution in [0.4, 0.5) is 0 Å². The predicted molar refractivity (Wildman–Crippen MR) is 92.6 cm³/mol. The summed E-state index contributed by atoms with van der Waals surface area (Å²) in [5.74, 6) is 1.46. The van der Waals surface area contributed by atoms with Gasteiger partial charge in [-0.3, -0.25) is 4.79 Å². The fourth-order valence-corrected chi connectivity index (χ4v) is 2.31. The van der Waals surface area contributed by atoms with Crippen molar-refractivity contribution in [3.8, 4) is 17.2 Å². The quantitative estimate of drug-likeness (QED) is 0.628. The Bertz CT molecular complexity index is 775. The molecule has 124 valence electrons. The standard InChI is InChI=1S/C17H15BrN2O4/c1-11(12-2-4-13(18)5-3-12)19-20-17(21)9-22-14-6-7-15-16(8-14)24-10-23-15/h2-8H,9-10H2,1H3,(H,20,21)/b19-11-. The number of benzene rings is 2. The van der Waals surface area contributed by atoms with Gasteiger partial charge in [0.2, 0.25) is 6.79 Å². The summed E-state index contributed by atoms with van der Waals surface area (Å²) in [7, 11) is 0. The van der Waals surface area contributed by atoms with Crippen molar-refractivity contribution in [1.29, 1.82) is 0 Å². The third kappa shape index (κ3) is 4.05. The Kier molecular flexibility index (Phi) is 5.00. The molecule has 0 saturated heterocycles. The zero-order valence-corrected chi connectivity index (χ0v) is 14.5. The summed E-state index contributed by atoms with van der Waals surface area (Å²) in [6.07, 6.45) is 0. The van der Waals surface area contributed by atoms with Crippen molar-refractivity contribution >= 4 is 27.5 Å². The smallest absolute Gasteiger partial charge is 0.277 e. The largest absolute Gasteiger partial charge is 0.484 e. The zero-order valence-electron chi connectivity index (χ0n) is 12.9. The van der Waals surface area contributed by atoms with Crippen molar-refractivity contribution < 1.29 is 19.0 Å². The number of rotatable bonds is 5. The van der Waals surface area contributed by atoms with Crippen molar-refractivity contribution in [2.75, 3.05) is 13.4 Å². The number of halogens is 1. The van der Waals surface area contributed by atoms with Gasteiger partial charge in [-0.2, -0.15) is 5.10 Å². The predicted octanol–water partition coefficient (Wildman–Crippen LogP) is 3.10. The maximum absolute atomic E-state index is 11.8. The number of hydrogen-bond donors (Lipinski definition) is 1. The summed E-state index contributed by atoms with van der Waals surface area (Å²) in [4.78, 5) is 11.8. The van der Waals surface area contributed by atoms with Gasteiger partial charge in [0.15, 0.2) is 18.1 Å². The molecule has 6 nitrogen and oxygen atoms in total. The summed E-state index contributed by atoms with van der Waals surface area (Å²) >= 11 is 3.38. The average molecular weight is 391 g/mol. The Morgan fingerprint density at radius 2 is 1.96 bits per heavy atom. The van der Waals surface area contributed by atoms with Crippen LogP contribution in [0.3, 0.4) is 0 Å². The molecule has 0 aliphatic carbocycles. The normalized spacial score (nSPS) is 12.8. The second-order valence-corrected chi connectivity index (χ2v) is 5.96. The molecule has 0 unspecified atom stereocenters. The summed E-state index contributed by atoms with van der Waals surface area (Å²) in [5, 5.41) is 4.07. The first-order valence-corrected chi connectivity index (χ1v) is 8.02. The number of amides is 1. The summed E-state index contributed by atoms with van der Waals surface area (Å²) in [5.41, 5.74) is 4.11. The van der Waals surface area contributed by atoms with Gasteiger partial charge in [-0.15, -0.1) is 0 Å². The fourth-order valence-electron chi connectivity index (χ4n) is 2.05. The van der Waals surface area contributed by atoms with Crippen LogP contribution in [-0.2, 0) is 4.79 Å². The Balaban J connectivity index is 1.52. The maximum Gasteiger partial charge on any atom is 0.277 e. The van der Waals surface area contributed by atoms with Crippen molar-refractivity contribution in [3.63, 3.8) is 0 Å². The van der Waals surface area contributed by atoms with Crippen LogP contribution in [0.5, 0.6) is 17.2 Å². The number of carbonyl (C=O) groups excluding carboxylic acids is 1. The highest BCUT2D eigenvalue weighted by molar-refractivity contribution is 9.10. The molecule has 1 N–H and O–H groups in total. The van der Waals surface area contributed by atoms with Gasteiger partial charge in [-0.25, -0.2) is 5.43 Å². The Morgan fingerprint density at radius 1 is 1.21 bits per heavy atom. The molecule has 0 atom stereocenters. The molecule has 0 bridgehead atoms. The van der Waals surface area contributed by atoms with E-state index in [1.54, 1.807) is 18.2 Å². The fraction of sp³-hybridized carbons (Fsp3) is 0.176. The molecule has 0 spiro atoms. The molecule has 0 fully saturated rings. The van der Waals surface area contributed by atoms with Gasteiger partial charge in [0.05, 0.1) is 5.71 Å². The zero-order chi connectivity index (χ0) is 16.9. The Hall–Kier alpha value is -2.54. The van der Waals surface area contributed by atoms with Gasteiger partial charge in [0.1, 0.15) is 5.75 Å². The van der Waals surface area contributed by atoms with Gasteiger partial charge in [-0.1, -0.05) is 28.1 Å². The maximum atomic E-state index is 11.8. The lowest BCUT2D eigenvalue weighted by Gasteiger charge is -2.06. The monoisotopic (exact) mass is 390 g/mol. The Labute approximate surface area is 147 Å². The topological polar surface area (TPSA) is 69.2 Å². The molecule has 0 radical (unpaired) electrons. The summed E-state index contributed by atoms with van der Waals surface area (Å²) in [6, 6.07) is 12.8. The minimum atomic E-state index is -0.343. The molecule has 3 rings (SSSR count). The molecule has 2 aromatic rings. The van der Waals surface area contributed by atoms with Gasteiger partial charge >= 0.3 is 0 Å². The van der Waals surface area contributed by atoms with Gasteiger partial charge in [0, 0.05) is 10.5 Å². The number of hydrogen-bond acceptors (Lipinski definition) is 5. The van der Waals surface area contributed by atoms with Crippen LogP contribution in [0.25, 0.3) is 0 Å². The first-order chi connectivity index (χ1) is 11.6. The number of carbonyl (C=O) groups is 1. The lowest BCUT2D eigenvalue weighted by atomic mass is 10.1. The van der Waals surface area contributed by atoms with Gasteiger partial charge in [0.25, 0.3) is 5.91 Å². The van der Waals surface area contributed by atoms with E-state index in [0.29, 0.717) is 23.0 Å². The van der Waals surface area contributed by atoms with E-state index < -0.39 is 0 Å². The molecule has 2 aromatic carbocycles.